The predicted molar refractivity (Wildman–Crippen MR) is 298 cm³/mol. The van der Waals surface area contributed by atoms with E-state index in [1.165, 1.54) is 27.8 Å². The van der Waals surface area contributed by atoms with E-state index in [0.29, 0.717) is 24.3 Å². The largest absolute Gasteiger partial charge is 0.530 e. The summed E-state index contributed by atoms with van der Waals surface area (Å²) in [4.78, 5) is 0. The standard InChI is InChI=1S/C64H60O6P2/c1-8-18-48-31-27-41(5)54-38-55-42(6)28-32-49(19-9-2)63(55)69-71(68-62(48)54)65-57-36-33-46-22-14-16-24-50(46)59(57)60-51-25-17-15-23-47(51)34-37-58(60)66-72-67-61-44(10-3)30-26-40(4)53(61)39-56-43(7)29-35-52(64(56)70-72)45-20-12-11-13-21-45/h11-17,20-37H,8-10,18-19,38-39H2,1-7H3. The van der Waals surface area contributed by atoms with Crippen LogP contribution in [0.25, 0.3) is 43.8 Å². The van der Waals surface area contributed by atoms with Crippen molar-refractivity contribution < 1.29 is 27.1 Å². The molecule has 72 heavy (non-hydrogen) atoms. The molecule has 0 N–H and O–H groups in total. The van der Waals surface area contributed by atoms with Crippen molar-refractivity contribution in [3.63, 3.8) is 0 Å². The van der Waals surface area contributed by atoms with Gasteiger partial charge in [-0.05, 0) is 125 Å². The van der Waals surface area contributed by atoms with Gasteiger partial charge in [0.1, 0.15) is 34.5 Å². The van der Waals surface area contributed by atoms with Gasteiger partial charge in [-0.15, -0.1) is 0 Å². The van der Waals surface area contributed by atoms with Gasteiger partial charge in [0.05, 0.1) is 0 Å². The van der Waals surface area contributed by atoms with Crippen LogP contribution in [-0.2, 0) is 32.1 Å². The molecule has 6 nitrogen and oxygen atoms in total. The van der Waals surface area contributed by atoms with Gasteiger partial charge in [0.25, 0.3) is 0 Å². The fourth-order valence-electron chi connectivity index (χ4n) is 10.5. The highest BCUT2D eigenvalue weighted by molar-refractivity contribution is 7.43. The Morgan fingerprint density at radius 3 is 1.28 bits per heavy atom. The van der Waals surface area contributed by atoms with Crippen LogP contribution in [0.4, 0.5) is 0 Å². The van der Waals surface area contributed by atoms with Crippen LogP contribution in [0, 0.1) is 27.7 Å². The van der Waals surface area contributed by atoms with E-state index in [4.69, 9.17) is 27.1 Å². The average Bonchev–Trinajstić information content (AvgIpc) is 3.38. The molecule has 0 bridgehead atoms. The summed E-state index contributed by atoms with van der Waals surface area (Å²) < 4.78 is 43.7. The molecular formula is C64H60O6P2. The highest BCUT2D eigenvalue weighted by Gasteiger charge is 2.35. The van der Waals surface area contributed by atoms with E-state index >= 15 is 0 Å². The van der Waals surface area contributed by atoms with Gasteiger partial charge in [0, 0.05) is 51.8 Å². The summed E-state index contributed by atoms with van der Waals surface area (Å²) in [5.74, 6) is 4.54. The predicted octanol–water partition coefficient (Wildman–Crippen LogP) is 18.4. The maximum Gasteiger partial charge on any atom is 0.530 e. The van der Waals surface area contributed by atoms with Crippen molar-refractivity contribution in [2.75, 3.05) is 0 Å². The third kappa shape index (κ3) is 8.95. The Kier molecular flexibility index (Phi) is 13.4. The van der Waals surface area contributed by atoms with Gasteiger partial charge in [-0.1, -0.05) is 173 Å². The Hall–Kier alpha value is -6.84. The fourth-order valence-corrected chi connectivity index (χ4v) is 12.9. The lowest BCUT2D eigenvalue weighted by Crippen LogP contribution is -2.13. The van der Waals surface area contributed by atoms with Crippen molar-refractivity contribution in [3.05, 3.63) is 213 Å². The Labute approximate surface area is 426 Å². The second-order valence-electron chi connectivity index (χ2n) is 19.2. The third-order valence-electron chi connectivity index (χ3n) is 14.5. The number of aryl methyl sites for hydroxylation is 7. The third-order valence-corrected chi connectivity index (χ3v) is 16.5. The van der Waals surface area contributed by atoms with Crippen molar-refractivity contribution in [2.24, 2.45) is 0 Å². The fraction of sp³-hybridized carbons (Fsp3) is 0.219. The summed E-state index contributed by atoms with van der Waals surface area (Å²) in [6.07, 6.45) is 5.88. The summed E-state index contributed by atoms with van der Waals surface area (Å²) >= 11 is 0. The van der Waals surface area contributed by atoms with Crippen LogP contribution < -0.4 is 27.1 Å². The van der Waals surface area contributed by atoms with Crippen molar-refractivity contribution in [2.45, 2.75) is 93.4 Å². The van der Waals surface area contributed by atoms with Gasteiger partial charge in [0.15, 0.2) is 0 Å². The maximum absolute atomic E-state index is 7.41. The summed E-state index contributed by atoms with van der Waals surface area (Å²) in [6, 6.07) is 53.4. The number of fused-ring (bicyclic) bond motifs is 6. The normalized spacial score (nSPS) is 14.2. The van der Waals surface area contributed by atoms with Crippen LogP contribution in [-0.4, -0.2) is 0 Å². The van der Waals surface area contributed by atoms with Crippen LogP contribution >= 0.6 is 17.2 Å². The van der Waals surface area contributed by atoms with Gasteiger partial charge >= 0.3 is 17.2 Å². The smallest absolute Gasteiger partial charge is 0.408 e. The van der Waals surface area contributed by atoms with Gasteiger partial charge in [-0.25, -0.2) is 0 Å². The number of hydrogen-bond acceptors (Lipinski definition) is 6. The molecule has 2 heterocycles. The van der Waals surface area contributed by atoms with E-state index in [-0.39, 0.29) is 0 Å². The summed E-state index contributed by atoms with van der Waals surface area (Å²) in [7, 11) is -4.18. The summed E-state index contributed by atoms with van der Waals surface area (Å²) in [5, 5.41) is 4.10. The van der Waals surface area contributed by atoms with E-state index in [2.05, 4.69) is 194 Å². The Morgan fingerprint density at radius 2 is 0.806 bits per heavy atom. The second kappa shape index (κ2) is 20.3. The molecule has 1 atom stereocenters. The quantitative estimate of drug-likeness (QED) is 0.120. The minimum Gasteiger partial charge on any atom is -0.408 e. The molecule has 0 amide bonds. The molecule has 0 fully saturated rings. The molecule has 0 radical (unpaired) electrons. The zero-order valence-electron chi connectivity index (χ0n) is 42.2. The molecule has 0 saturated carbocycles. The Morgan fingerprint density at radius 1 is 0.403 bits per heavy atom. The van der Waals surface area contributed by atoms with Crippen LogP contribution in [0.1, 0.15) is 94.8 Å². The Balaban J connectivity index is 1.11. The SMILES string of the molecule is CCCc1ccc(C)c2c1OP(Oc1ccc3ccccc3c1-c1c(OP3Oc4c(CC)ccc(C)c4Cc4c(C)ccc(-c5ccccc5)c4O3)ccc3ccccc13)Oc1c(CCC)ccc(C)c1C2. The molecule has 9 aromatic rings. The highest BCUT2D eigenvalue weighted by atomic mass is 31.2. The van der Waals surface area contributed by atoms with Crippen LogP contribution in [0.2, 0.25) is 0 Å². The van der Waals surface area contributed by atoms with E-state index in [1.807, 2.05) is 6.07 Å². The molecule has 2 aliphatic heterocycles. The average molecular weight is 987 g/mol. The molecule has 11 rings (SSSR count). The lowest BCUT2D eigenvalue weighted by atomic mass is 9.91. The van der Waals surface area contributed by atoms with Crippen molar-refractivity contribution in [3.8, 4) is 56.8 Å². The first-order valence-electron chi connectivity index (χ1n) is 25.4. The highest BCUT2D eigenvalue weighted by Crippen LogP contribution is 2.57. The minimum absolute atomic E-state index is 0.606. The zero-order chi connectivity index (χ0) is 49.5. The Bertz CT molecular complexity index is 3450. The number of rotatable bonds is 11. The zero-order valence-corrected chi connectivity index (χ0v) is 44.0. The summed E-state index contributed by atoms with van der Waals surface area (Å²) in [6.45, 7) is 15.3. The lowest BCUT2D eigenvalue weighted by molar-refractivity contribution is 0.376. The molecule has 0 spiro atoms. The maximum atomic E-state index is 7.41. The first-order valence-corrected chi connectivity index (χ1v) is 27.6. The second-order valence-corrected chi connectivity index (χ2v) is 21.2. The lowest BCUT2D eigenvalue weighted by Gasteiger charge is -2.29. The van der Waals surface area contributed by atoms with Crippen LogP contribution in [0.3, 0.4) is 0 Å². The topological polar surface area (TPSA) is 55.4 Å². The van der Waals surface area contributed by atoms with Gasteiger partial charge in [-0.2, -0.15) is 0 Å². The number of benzene rings is 9. The van der Waals surface area contributed by atoms with E-state index in [0.717, 1.165) is 132 Å². The van der Waals surface area contributed by atoms with E-state index < -0.39 is 17.2 Å². The van der Waals surface area contributed by atoms with Gasteiger partial charge < -0.3 is 27.1 Å². The van der Waals surface area contributed by atoms with Gasteiger partial charge in [0.2, 0.25) is 0 Å². The first-order chi connectivity index (χ1) is 35.2. The van der Waals surface area contributed by atoms with E-state index in [9.17, 15) is 0 Å². The van der Waals surface area contributed by atoms with Crippen LogP contribution in [0.15, 0.2) is 152 Å². The molecule has 1 unspecified atom stereocenters. The number of hydrogen-bond donors (Lipinski definition) is 0. The molecule has 0 aromatic heterocycles. The van der Waals surface area contributed by atoms with E-state index in [1.54, 1.807) is 0 Å². The molecular weight excluding hydrogens is 927 g/mol. The molecule has 0 aliphatic carbocycles. The van der Waals surface area contributed by atoms with Crippen molar-refractivity contribution in [1.29, 1.82) is 0 Å². The first kappa shape index (κ1) is 47.5. The molecule has 362 valence electrons. The van der Waals surface area contributed by atoms with Crippen molar-refractivity contribution >= 4 is 38.7 Å². The molecule has 0 saturated heterocycles. The molecule has 2 aliphatic rings. The molecule has 8 heteroatoms. The van der Waals surface area contributed by atoms with Gasteiger partial charge in [-0.3, -0.25) is 0 Å². The summed E-state index contributed by atoms with van der Waals surface area (Å²) in [5.41, 5.74) is 16.5. The van der Waals surface area contributed by atoms with Crippen molar-refractivity contribution in [1.82, 2.24) is 0 Å². The minimum atomic E-state index is -2.12. The monoisotopic (exact) mass is 986 g/mol. The van der Waals surface area contributed by atoms with Crippen LogP contribution in [0.5, 0.6) is 34.5 Å². The molecule has 9 aromatic carbocycles.